The summed E-state index contributed by atoms with van der Waals surface area (Å²) in [5, 5.41) is 2.80. The summed E-state index contributed by atoms with van der Waals surface area (Å²) in [7, 11) is -2.36. The molecule has 0 aliphatic carbocycles. The number of nitrogens with zero attached hydrogens (tertiary/aromatic N) is 1. The number of carbonyl (C=O) groups excluding carboxylic acids is 2. The Morgan fingerprint density at radius 2 is 1.61 bits per heavy atom. The largest absolute Gasteiger partial charge is 0.322 e. The minimum absolute atomic E-state index is 0.0338. The smallest absolute Gasteiger partial charge is 0.257 e. The Balaban J connectivity index is 1.83. The number of rotatable bonds is 7. The third-order valence-corrected chi connectivity index (χ3v) is 6.82. The average Bonchev–Trinajstić information content (AvgIpc) is 2.75. The molecule has 31 heavy (non-hydrogen) atoms. The molecular weight excluding hydrogens is 436 g/mol. The van der Waals surface area contributed by atoms with Gasteiger partial charge in [-0.15, -0.1) is 0 Å². The fraction of sp³-hybridized carbons (Fsp3) is 0.130. The molecular formula is C23H21ClN2O4S. The van der Waals surface area contributed by atoms with E-state index in [0.717, 1.165) is 5.56 Å². The van der Waals surface area contributed by atoms with Gasteiger partial charge in [0.2, 0.25) is 10.0 Å². The van der Waals surface area contributed by atoms with Crippen LogP contribution < -0.4 is 5.32 Å². The lowest BCUT2D eigenvalue weighted by Gasteiger charge is -2.18. The van der Waals surface area contributed by atoms with Gasteiger partial charge in [0, 0.05) is 24.8 Å². The molecule has 0 unspecified atom stereocenters. The zero-order valence-corrected chi connectivity index (χ0v) is 18.6. The number of halogens is 1. The van der Waals surface area contributed by atoms with Gasteiger partial charge in [0.05, 0.1) is 15.5 Å². The predicted molar refractivity (Wildman–Crippen MR) is 121 cm³/mol. The van der Waals surface area contributed by atoms with Gasteiger partial charge in [0.1, 0.15) is 0 Å². The fourth-order valence-electron chi connectivity index (χ4n) is 2.93. The Labute approximate surface area is 186 Å². The fourth-order valence-corrected chi connectivity index (χ4v) is 4.32. The molecule has 3 aromatic carbocycles. The molecule has 0 bridgehead atoms. The molecule has 6 nitrogen and oxygen atoms in total. The van der Waals surface area contributed by atoms with Crippen LogP contribution in [0.15, 0.2) is 77.7 Å². The van der Waals surface area contributed by atoms with E-state index in [1.165, 1.54) is 36.5 Å². The summed E-state index contributed by atoms with van der Waals surface area (Å²) in [5.74, 6) is -0.637. The maximum Gasteiger partial charge on any atom is 0.257 e. The second-order valence-corrected chi connectivity index (χ2v) is 9.43. The summed E-state index contributed by atoms with van der Waals surface area (Å²) >= 11 is 6.17. The molecule has 3 aromatic rings. The Hall–Kier alpha value is -3.00. The van der Waals surface area contributed by atoms with Gasteiger partial charge in [0.25, 0.3) is 5.91 Å². The number of nitrogens with one attached hydrogen (secondary N) is 1. The number of Topliss-reactive ketones (excluding diaryl/α,β-unsaturated/α-hetero) is 1. The molecule has 0 saturated carbocycles. The number of anilines is 1. The van der Waals surface area contributed by atoms with E-state index in [9.17, 15) is 18.0 Å². The van der Waals surface area contributed by atoms with Crippen molar-refractivity contribution >= 4 is 39.0 Å². The second kappa shape index (κ2) is 9.43. The van der Waals surface area contributed by atoms with Gasteiger partial charge in [-0.25, -0.2) is 8.42 Å². The molecule has 0 spiro atoms. The van der Waals surface area contributed by atoms with Crippen LogP contribution in [0.25, 0.3) is 0 Å². The van der Waals surface area contributed by atoms with Crippen molar-refractivity contribution in [2.24, 2.45) is 0 Å². The van der Waals surface area contributed by atoms with Crippen molar-refractivity contribution < 1.29 is 18.0 Å². The monoisotopic (exact) mass is 456 g/mol. The highest BCUT2D eigenvalue weighted by molar-refractivity contribution is 7.89. The summed E-state index contributed by atoms with van der Waals surface area (Å²) in [6, 6.07) is 19.6. The molecule has 0 fully saturated rings. The van der Waals surface area contributed by atoms with Crippen LogP contribution in [0.1, 0.15) is 33.2 Å². The van der Waals surface area contributed by atoms with Crippen molar-refractivity contribution in [3.05, 3.63) is 94.5 Å². The zero-order chi connectivity index (χ0) is 22.6. The Morgan fingerprint density at radius 1 is 0.968 bits per heavy atom. The summed E-state index contributed by atoms with van der Waals surface area (Å²) in [4.78, 5) is 24.1. The van der Waals surface area contributed by atoms with Crippen LogP contribution in [-0.2, 0) is 16.6 Å². The first-order valence-corrected chi connectivity index (χ1v) is 11.2. The minimum atomic E-state index is -3.84. The molecule has 0 atom stereocenters. The molecule has 0 saturated heterocycles. The highest BCUT2D eigenvalue weighted by Gasteiger charge is 2.23. The van der Waals surface area contributed by atoms with Crippen molar-refractivity contribution in [3.8, 4) is 0 Å². The van der Waals surface area contributed by atoms with Crippen molar-refractivity contribution in [2.45, 2.75) is 18.4 Å². The van der Waals surface area contributed by atoms with E-state index < -0.39 is 15.9 Å². The molecule has 0 heterocycles. The predicted octanol–water partition coefficient (Wildman–Crippen LogP) is 4.62. The van der Waals surface area contributed by atoms with Crippen molar-refractivity contribution in [1.29, 1.82) is 0 Å². The third kappa shape index (κ3) is 5.38. The Bertz CT molecular complexity index is 1210. The van der Waals surface area contributed by atoms with Crippen molar-refractivity contribution in [1.82, 2.24) is 4.31 Å². The lowest BCUT2D eigenvalue weighted by molar-refractivity contribution is 0.101. The van der Waals surface area contributed by atoms with Crippen LogP contribution in [0.3, 0.4) is 0 Å². The van der Waals surface area contributed by atoms with Crippen LogP contribution in [0.5, 0.6) is 0 Å². The van der Waals surface area contributed by atoms with Gasteiger partial charge < -0.3 is 5.32 Å². The molecule has 3 rings (SSSR count). The van der Waals surface area contributed by atoms with Crippen molar-refractivity contribution in [2.75, 3.05) is 12.4 Å². The minimum Gasteiger partial charge on any atom is -0.322 e. The number of hydrogen-bond acceptors (Lipinski definition) is 4. The number of sulfonamides is 1. The first kappa shape index (κ1) is 22.7. The van der Waals surface area contributed by atoms with Crippen LogP contribution in [0, 0.1) is 0 Å². The molecule has 0 aromatic heterocycles. The second-order valence-electron chi connectivity index (χ2n) is 6.98. The Kier molecular flexibility index (Phi) is 6.90. The maximum atomic E-state index is 13.0. The van der Waals surface area contributed by atoms with E-state index >= 15 is 0 Å². The number of carbonyl (C=O) groups is 2. The van der Waals surface area contributed by atoms with Crippen LogP contribution in [-0.4, -0.2) is 31.5 Å². The van der Waals surface area contributed by atoms with Gasteiger partial charge >= 0.3 is 0 Å². The van der Waals surface area contributed by atoms with Gasteiger partial charge in [-0.3, -0.25) is 9.59 Å². The zero-order valence-electron chi connectivity index (χ0n) is 17.0. The van der Waals surface area contributed by atoms with E-state index in [1.54, 1.807) is 24.3 Å². The van der Waals surface area contributed by atoms with Crippen molar-refractivity contribution in [3.63, 3.8) is 0 Å². The Morgan fingerprint density at radius 3 is 2.23 bits per heavy atom. The summed E-state index contributed by atoms with van der Waals surface area (Å²) in [5.41, 5.74) is 1.85. The maximum absolute atomic E-state index is 13.0. The quantitative estimate of drug-likeness (QED) is 0.526. The van der Waals surface area contributed by atoms with E-state index in [1.807, 2.05) is 30.3 Å². The molecule has 0 radical (unpaired) electrons. The molecule has 8 heteroatoms. The van der Waals surface area contributed by atoms with Crippen LogP contribution >= 0.6 is 11.6 Å². The first-order valence-electron chi connectivity index (χ1n) is 9.40. The van der Waals surface area contributed by atoms with Gasteiger partial charge in [-0.1, -0.05) is 41.9 Å². The summed E-state index contributed by atoms with van der Waals surface area (Å²) < 4.78 is 27.2. The molecule has 160 valence electrons. The van der Waals surface area contributed by atoms with Gasteiger partial charge in [0.15, 0.2) is 5.78 Å². The lowest BCUT2D eigenvalue weighted by Crippen LogP contribution is -2.27. The highest BCUT2D eigenvalue weighted by atomic mass is 35.5. The summed E-state index contributed by atoms with van der Waals surface area (Å²) in [6.07, 6.45) is 0. The highest BCUT2D eigenvalue weighted by Crippen LogP contribution is 2.24. The SMILES string of the molecule is CC(=O)c1ccc(NC(=O)c2cc(S(=O)(=O)N(C)Cc3ccccc3)ccc2Cl)cc1. The standard InChI is InChI=1S/C23H21ClN2O4S/c1-16(27)18-8-10-19(11-9-18)25-23(28)21-14-20(12-13-22(21)24)31(29,30)26(2)15-17-6-4-3-5-7-17/h3-14H,15H2,1-2H3,(H,25,28). The molecule has 0 aliphatic rings. The number of hydrogen-bond donors (Lipinski definition) is 1. The van der Waals surface area contributed by atoms with E-state index in [-0.39, 0.29) is 27.8 Å². The van der Waals surface area contributed by atoms with Crippen LogP contribution in [0.4, 0.5) is 5.69 Å². The first-order chi connectivity index (χ1) is 14.7. The number of ketones is 1. The molecule has 0 aliphatic heterocycles. The van der Waals surface area contributed by atoms with E-state index in [0.29, 0.717) is 11.3 Å². The third-order valence-electron chi connectivity index (χ3n) is 4.69. The summed E-state index contributed by atoms with van der Waals surface area (Å²) in [6.45, 7) is 1.64. The normalized spacial score (nSPS) is 11.4. The number of benzene rings is 3. The van der Waals surface area contributed by atoms with E-state index in [2.05, 4.69) is 5.32 Å². The van der Waals surface area contributed by atoms with E-state index in [4.69, 9.17) is 11.6 Å². The average molecular weight is 457 g/mol. The molecule has 1 amide bonds. The molecule has 1 N–H and O–H groups in total. The number of amides is 1. The van der Waals surface area contributed by atoms with Gasteiger partial charge in [-0.2, -0.15) is 4.31 Å². The van der Waals surface area contributed by atoms with Gasteiger partial charge in [-0.05, 0) is 55.0 Å². The van der Waals surface area contributed by atoms with Crippen LogP contribution in [0.2, 0.25) is 5.02 Å². The lowest BCUT2D eigenvalue weighted by atomic mass is 10.1. The topological polar surface area (TPSA) is 83.5 Å².